The molecular formula is C29H31BrN4O2. The SMILES string of the molecule is CC(C)N(CC(=O)N(CCc1c[nH]c2ccccc12)Cc1ccccc1)C(=O)Nc1cccc(Br)c1. The van der Waals surface area contributed by atoms with Gasteiger partial charge in [-0.1, -0.05) is 70.5 Å². The van der Waals surface area contributed by atoms with E-state index >= 15 is 0 Å². The van der Waals surface area contributed by atoms with Crippen LogP contribution in [-0.2, 0) is 17.8 Å². The van der Waals surface area contributed by atoms with E-state index in [2.05, 4.69) is 38.4 Å². The van der Waals surface area contributed by atoms with Crippen LogP contribution in [0, 0.1) is 0 Å². The lowest BCUT2D eigenvalue weighted by atomic mass is 10.1. The van der Waals surface area contributed by atoms with Crippen molar-refractivity contribution in [2.24, 2.45) is 0 Å². The van der Waals surface area contributed by atoms with E-state index in [1.54, 1.807) is 4.90 Å². The summed E-state index contributed by atoms with van der Waals surface area (Å²) in [6, 6.07) is 25.1. The number of halogens is 1. The summed E-state index contributed by atoms with van der Waals surface area (Å²) in [6.45, 7) is 4.87. The molecule has 0 saturated heterocycles. The van der Waals surface area contributed by atoms with Gasteiger partial charge in [-0.2, -0.15) is 0 Å². The van der Waals surface area contributed by atoms with Crippen molar-refractivity contribution >= 4 is 44.5 Å². The lowest BCUT2D eigenvalue weighted by molar-refractivity contribution is -0.132. The summed E-state index contributed by atoms with van der Waals surface area (Å²) in [4.78, 5) is 33.4. The molecule has 0 radical (unpaired) electrons. The second-order valence-corrected chi connectivity index (χ2v) is 9.99. The number of carbonyl (C=O) groups is 2. The number of aromatic nitrogens is 1. The lowest BCUT2D eigenvalue weighted by Gasteiger charge is -2.30. The van der Waals surface area contributed by atoms with Gasteiger partial charge in [0.15, 0.2) is 0 Å². The number of amides is 3. The van der Waals surface area contributed by atoms with Crippen LogP contribution < -0.4 is 5.32 Å². The van der Waals surface area contributed by atoms with E-state index in [-0.39, 0.29) is 24.5 Å². The average Bonchev–Trinajstić information content (AvgIpc) is 3.28. The van der Waals surface area contributed by atoms with Crippen molar-refractivity contribution in [3.05, 3.63) is 101 Å². The molecule has 0 spiro atoms. The molecule has 0 bridgehead atoms. The Morgan fingerprint density at radius 3 is 2.47 bits per heavy atom. The second kappa shape index (κ2) is 11.9. The molecular weight excluding hydrogens is 516 g/mol. The Kier molecular flexibility index (Phi) is 8.44. The van der Waals surface area contributed by atoms with Crippen LogP contribution in [0.15, 0.2) is 89.5 Å². The first kappa shape index (κ1) is 25.5. The molecule has 0 unspecified atom stereocenters. The van der Waals surface area contributed by atoms with Crippen LogP contribution >= 0.6 is 15.9 Å². The van der Waals surface area contributed by atoms with Crippen molar-refractivity contribution in [3.8, 4) is 0 Å². The highest BCUT2D eigenvalue weighted by Gasteiger charge is 2.24. The molecule has 2 N–H and O–H groups in total. The molecule has 0 saturated carbocycles. The standard InChI is InChI=1S/C29H31BrN4O2/c1-21(2)34(29(36)32-25-12-8-11-24(30)17-25)20-28(35)33(19-22-9-4-3-5-10-22)16-15-23-18-31-27-14-7-6-13-26(23)27/h3-14,17-18,21,31H,15-16,19-20H2,1-2H3,(H,32,36). The minimum atomic E-state index is -0.298. The molecule has 7 heteroatoms. The monoisotopic (exact) mass is 546 g/mol. The molecule has 4 aromatic rings. The van der Waals surface area contributed by atoms with Crippen molar-refractivity contribution < 1.29 is 9.59 Å². The van der Waals surface area contributed by atoms with Gasteiger partial charge in [0.25, 0.3) is 0 Å². The number of rotatable bonds is 9. The first-order chi connectivity index (χ1) is 17.4. The quantitative estimate of drug-likeness (QED) is 0.253. The molecule has 1 heterocycles. The maximum Gasteiger partial charge on any atom is 0.322 e. The highest BCUT2D eigenvalue weighted by atomic mass is 79.9. The number of fused-ring (bicyclic) bond motifs is 1. The van der Waals surface area contributed by atoms with E-state index in [1.165, 1.54) is 10.9 Å². The molecule has 0 aliphatic rings. The summed E-state index contributed by atoms with van der Waals surface area (Å²) in [5, 5.41) is 4.08. The number of hydrogen-bond acceptors (Lipinski definition) is 2. The Balaban J connectivity index is 1.49. The van der Waals surface area contributed by atoms with E-state index in [9.17, 15) is 9.59 Å². The van der Waals surface area contributed by atoms with E-state index in [0.717, 1.165) is 15.6 Å². The van der Waals surface area contributed by atoms with Crippen molar-refractivity contribution in [1.29, 1.82) is 0 Å². The molecule has 3 aromatic carbocycles. The van der Waals surface area contributed by atoms with Gasteiger partial charge in [0.2, 0.25) is 5.91 Å². The number of para-hydroxylation sites is 1. The number of nitrogens with zero attached hydrogens (tertiary/aromatic N) is 2. The fourth-order valence-electron chi connectivity index (χ4n) is 4.19. The van der Waals surface area contributed by atoms with Crippen molar-refractivity contribution in [2.45, 2.75) is 32.9 Å². The van der Waals surface area contributed by atoms with Crippen LogP contribution in [0.2, 0.25) is 0 Å². The summed E-state index contributed by atoms with van der Waals surface area (Å²) >= 11 is 3.43. The molecule has 1 aromatic heterocycles. The summed E-state index contributed by atoms with van der Waals surface area (Å²) < 4.78 is 0.874. The van der Waals surface area contributed by atoms with Gasteiger partial charge in [0.05, 0.1) is 0 Å². The first-order valence-electron chi connectivity index (χ1n) is 12.1. The van der Waals surface area contributed by atoms with Gasteiger partial charge in [-0.25, -0.2) is 4.79 Å². The highest BCUT2D eigenvalue weighted by molar-refractivity contribution is 9.10. The predicted molar refractivity (Wildman–Crippen MR) is 149 cm³/mol. The first-order valence-corrected chi connectivity index (χ1v) is 12.9. The van der Waals surface area contributed by atoms with Crippen LogP contribution in [0.1, 0.15) is 25.0 Å². The third kappa shape index (κ3) is 6.55. The van der Waals surface area contributed by atoms with Crippen molar-refractivity contribution in [2.75, 3.05) is 18.4 Å². The zero-order valence-electron chi connectivity index (χ0n) is 20.6. The van der Waals surface area contributed by atoms with Gasteiger partial charge in [-0.3, -0.25) is 4.79 Å². The molecule has 36 heavy (non-hydrogen) atoms. The fourth-order valence-corrected chi connectivity index (χ4v) is 4.58. The van der Waals surface area contributed by atoms with Gasteiger partial charge in [0.1, 0.15) is 6.54 Å². The van der Waals surface area contributed by atoms with E-state index in [1.807, 2.05) is 91.7 Å². The highest BCUT2D eigenvalue weighted by Crippen LogP contribution is 2.20. The molecule has 0 fully saturated rings. The molecule has 0 aliphatic carbocycles. The Bertz CT molecular complexity index is 1320. The number of aromatic amines is 1. The molecule has 0 atom stereocenters. The largest absolute Gasteiger partial charge is 0.361 e. The van der Waals surface area contributed by atoms with E-state index in [0.29, 0.717) is 25.2 Å². The zero-order valence-corrected chi connectivity index (χ0v) is 22.2. The maximum absolute atomic E-state index is 13.6. The van der Waals surface area contributed by atoms with Crippen LogP contribution in [0.4, 0.5) is 10.5 Å². The van der Waals surface area contributed by atoms with Crippen LogP contribution in [0.25, 0.3) is 10.9 Å². The smallest absolute Gasteiger partial charge is 0.322 e. The van der Waals surface area contributed by atoms with Crippen LogP contribution in [0.3, 0.4) is 0 Å². The van der Waals surface area contributed by atoms with Crippen molar-refractivity contribution in [3.63, 3.8) is 0 Å². The minimum Gasteiger partial charge on any atom is -0.361 e. The molecule has 3 amide bonds. The third-order valence-electron chi connectivity index (χ3n) is 6.16. The topological polar surface area (TPSA) is 68.4 Å². The predicted octanol–water partition coefficient (Wildman–Crippen LogP) is 6.44. The second-order valence-electron chi connectivity index (χ2n) is 9.07. The van der Waals surface area contributed by atoms with E-state index < -0.39 is 0 Å². The number of anilines is 1. The summed E-state index contributed by atoms with van der Waals surface area (Å²) in [5.74, 6) is -0.0863. The molecule has 186 valence electrons. The number of H-pyrrole nitrogens is 1. The van der Waals surface area contributed by atoms with Gasteiger partial charge >= 0.3 is 6.03 Å². The van der Waals surface area contributed by atoms with Gasteiger partial charge in [0, 0.05) is 46.4 Å². The fraction of sp³-hybridized carbons (Fsp3) is 0.241. The zero-order chi connectivity index (χ0) is 25.5. The normalized spacial score (nSPS) is 11.0. The van der Waals surface area contributed by atoms with Gasteiger partial charge < -0.3 is 20.1 Å². The lowest BCUT2D eigenvalue weighted by Crippen LogP contribution is -2.47. The van der Waals surface area contributed by atoms with E-state index in [4.69, 9.17) is 0 Å². The molecule has 6 nitrogen and oxygen atoms in total. The Hall–Kier alpha value is -3.58. The number of nitrogens with one attached hydrogen (secondary N) is 2. The molecule has 0 aliphatic heterocycles. The van der Waals surface area contributed by atoms with Gasteiger partial charge in [-0.05, 0) is 55.7 Å². The Labute approximate surface area is 220 Å². The maximum atomic E-state index is 13.6. The summed E-state index contributed by atoms with van der Waals surface area (Å²) in [6.07, 6.45) is 2.73. The summed E-state index contributed by atoms with van der Waals surface area (Å²) in [5.41, 5.74) is 3.99. The Morgan fingerprint density at radius 2 is 1.72 bits per heavy atom. The number of benzene rings is 3. The average molecular weight is 547 g/mol. The number of urea groups is 1. The minimum absolute atomic E-state index is 0.00176. The van der Waals surface area contributed by atoms with Crippen LogP contribution in [0.5, 0.6) is 0 Å². The number of carbonyl (C=O) groups excluding carboxylic acids is 2. The Morgan fingerprint density at radius 1 is 0.972 bits per heavy atom. The summed E-state index contributed by atoms with van der Waals surface area (Å²) in [7, 11) is 0. The van der Waals surface area contributed by atoms with Crippen LogP contribution in [-0.4, -0.2) is 45.9 Å². The number of hydrogen-bond donors (Lipinski definition) is 2. The van der Waals surface area contributed by atoms with Crippen molar-refractivity contribution in [1.82, 2.24) is 14.8 Å². The molecule has 4 rings (SSSR count). The van der Waals surface area contributed by atoms with Gasteiger partial charge in [-0.15, -0.1) is 0 Å². The third-order valence-corrected chi connectivity index (χ3v) is 6.65.